The van der Waals surface area contributed by atoms with Crippen LogP contribution in [0.4, 0.5) is 10.1 Å². The average Bonchev–Trinajstić information content (AvgIpc) is 2.36. The van der Waals surface area contributed by atoms with Gasteiger partial charge in [0.15, 0.2) is 6.17 Å². The Bertz CT molecular complexity index is 478. The van der Waals surface area contributed by atoms with Gasteiger partial charge in [-0.15, -0.1) is 0 Å². The molecule has 90 valence electrons. The molecule has 0 aromatic carbocycles. The summed E-state index contributed by atoms with van der Waals surface area (Å²) in [4.78, 5) is 17.8. The molecular weight excluding hydrogens is 223 g/mol. The minimum atomic E-state index is -1.53. The highest BCUT2D eigenvalue weighted by molar-refractivity contribution is 6.05. The number of halogens is 1. The number of ketones is 1. The highest BCUT2D eigenvalue weighted by Crippen LogP contribution is 2.32. The fourth-order valence-electron chi connectivity index (χ4n) is 2.43. The van der Waals surface area contributed by atoms with E-state index >= 15 is 0 Å². The molecule has 1 saturated heterocycles. The van der Waals surface area contributed by atoms with Gasteiger partial charge >= 0.3 is 0 Å². The summed E-state index contributed by atoms with van der Waals surface area (Å²) in [6.07, 6.45) is 0.0718. The molecule has 2 aliphatic rings. The maximum Gasteiger partial charge on any atom is 0.219 e. The van der Waals surface area contributed by atoms with Crippen LogP contribution in [0.1, 0.15) is 16.1 Å². The van der Waals surface area contributed by atoms with Crippen LogP contribution in [-0.2, 0) is 4.74 Å². The van der Waals surface area contributed by atoms with Gasteiger partial charge in [0.05, 0.1) is 24.9 Å². The molecule has 1 aromatic rings. The molecule has 2 atom stereocenters. The molecule has 0 spiro atoms. The molecule has 1 fully saturated rings. The minimum absolute atomic E-state index is 0.251. The van der Waals surface area contributed by atoms with Gasteiger partial charge in [-0.1, -0.05) is 0 Å². The van der Waals surface area contributed by atoms with Crippen molar-refractivity contribution in [3.63, 3.8) is 0 Å². The Hall–Kier alpha value is -1.49. The summed E-state index contributed by atoms with van der Waals surface area (Å²) >= 11 is 0. The van der Waals surface area contributed by atoms with Crippen molar-refractivity contribution in [2.75, 3.05) is 24.7 Å². The highest BCUT2D eigenvalue weighted by Gasteiger charge is 2.43. The minimum Gasteiger partial charge on any atom is -0.377 e. The van der Waals surface area contributed by atoms with Crippen LogP contribution in [0.25, 0.3) is 0 Å². The zero-order valence-corrected chi connectivity index (χ0v) is 9.52. The second-order valence-electron chi connectivity index (χ2n) is 4.48. The molecule has 3 rings (SSSR count). The number of hydrogen-bond donors (Lipinski definition) is 0. The van der Waals surface area contributed by atoms with Crippen LogP contribution in [0.15, 0.2) is 12.3 Å². The average molecular weight is 236 g/mol. The summed E-state index contributed by atoms with van der Waals surface area (Å²) in [7, 11) is 0. The number of aromatic nitrogens is 1. The third-order valence-electron chi connectivity index (χ3n) is 3.30. The molecule has 0 radical (unpaired) electrons. The molecule has 0 amide bonds. The number of ether oxygens (including phenoxy) is 1. The van der Waals surface area contributed by atoms with E-state index in [0.29, 0.717) is 13.2 Å². The molecule has 4 nitrogen and oxygen atoms in total. The summed E-state index contributed by atoms with van der Waals surface area (Å²) in [5.41, 5.74) is 1.97. The molecule has 5 heteroatoms. The van der Waals surface area contributed by atoms with Crippen molar-refractivity contribution in [1.82, 2.24) is 4.98 Å². The first kappa shape index (κ1) is 10.7. The van der Waals surface area contributed by atoms with Crippen LogP contribution in [0, 0.1) is 6.92 Å². The van der Waals surface area contributed by atoms with Crippen LogP contribution >= 0.6 is 0 Å². The molecule has 0 aliphatic carbocycles. The molecule has 0 bridgehead atoms. The van der Waals surface area contributed by atoms with Crippen molar-refractivity contribution in [3.8, 4) is 0 Å². The zero-order valence-electron chi connectivity index (χ0n) is 9.52. The Morgan fingerprint density at radius 3 is 3.24 bits per heavy atom. The maximum atomic E-state index is 14.0. The fraction of sp³-hybridized carbons (Fsp3) is 0.500. The van der Waals surface area contributed by atoms with Crippen LogP contribution in [0.3, 0.4) is 0 Å². The van der Waals surface area contributed by atoms with E-state index < -0.39 is 18.0 Å². The molecule has 1 aromatic heterocycles. The normalized spacial score (nSPS) is 27.6. The van der Waals surface area contributed by atoms with Crippen LogP contribution in [-0.4, -0.2) is 42.7 Å². The van der Waals surface area contributed by atoms with Crippen molar-refractivity contribution < 1.29 is 13.9 Å². The standard InChI is InChI=1S/C12H13FN2O2/c1-7-4-8-11(14-5-7)12(16)10(13)9-6-17-3-2-15(8)9/h4-5,9-10H,2-3,6H2,1H3. The van der Waals surface area contributed by atoms with Crippen molar-refractivity contribution in [2.24, 2.45) is 0 Å². The topological polar surface area (TPSA) is 42.4 Å². The largest absolute Gasteiger partial charge is 0.377 e. The van der Waals surface area contributed by atoms with Gasteiger partial charge in [0.2, 0.25) is 5.78 Å². The first-order valence-corrected chi connectivity index (χ1v) is 5.68. The summed E-state index contributed by atoms with van der Waals surface area (Å²) in [6, 6.07) is 1.40. The lowest BCUT2D eigenvalue weighted by molar-refractivity contribution is 0.0513. The van der Waals surface area contributed by atoms with Gasteiger partial charge in [0, 0.05) is 12.7 Å². The second kappa shape index (κ2) is 3.77. The Labute approximate surface area is 98.4 Å². The van der Waals surface area contributed by atoms with E-state index in [9.17, 15) is 9.18 Å². The molecule has 2 unspecified atom stereocenters. The monoisotopic (exact) mass is 236 g/mol. The number of nitrogens with zero attached hydrogens (tertiary/aromatic N) is 2. The number of hydrogen-bond acceptors (Lipinski definition) is 4. The summed E-state index contributed by atoms with van der Waals surface area (Å²) in [6.45, 7) is 3.34. The highest BCUT2D eigenvalue weighted by atomic mass is 19.1. The Kier molecular flexibility index (Phi) is 2.36. The van der Waals surface area contributed by atoms with Crippen molar-refractivity contribution >= 4 is 11.5 Å². The zero-order chi connectivity index (χ0) is 12.0. The Morgan fingerprint density at radius 2 is 2.41 bits per heavy atom. The molecule has 0 saturated carbocycles. The Morgan fingerprint density at radius 1 is 1.59 bits per heavy atom. The number of anilines is 1. The van der Waals surface area contributed by atoms with E-state index in [0.717, 1.165) is 11.3 Å². The van der Waals surface area contributed by atoms with Crippen molar-refractivity contribution in [2.45, 2.75) is 19.1 Å². The van der Waals surface area contributed by atoms with E-state index in [1.807, 2.05) is 17.9 Å². The third kappa shape index (κ3) is 1.53. The van der Waals surface area contributed by atoms with E-state index in [4.69, 9.17) is 4.74 Å². The Balaban J connectivity index is 2.13. The summed E-state index contributed by atoms with van der Waals surface area (Å²) in [5.74, 6) is -0.522. The number of Topliss-reactive ketones (excluding diaryl/α,β-unsaturated/α-hetero) is 1. The number of rotatable bonds is 0. The number of pyridine rings is 1. The number of fused-ring (bicyclic) bond motifs is 3. The summed E-state index contributed by atoms with van der Waals surface area (Å²) < 4.78 is 19.2. The van der Waals surface area contributed by atoms with E-state index in [2.05, 4.69) is 4.98 Å². The number of morpholine rings is 1. The van der Waals surface area contributed by atoms with Gasteiger partial charge in [-0.25, -0.2) is 4.39 Å². The van der Waals surface area contributed by atoms with Gasteiger partial charge in [-0.3, -0.25) is 9.78 Å². The lowest BCUT2D eigenvalue weighted by Crippen LogP contribution is -2.56. The number of carbonyl (C=O) groups excluding carboxylic acids is 1. The quantitative estimate of drug-likeness (QED) is 0.677. The lowest BCUT2D eigenvalue weighted by atomic mass is 9.95. The SMILES string of the molecule is Cc1cnc2c(c1)N1CCOCC1C(F)C2=O. The predicted molar refractivity (Wildman–Crippen MR) is 60.2 cm³/mol. The molecule has 0 N–H and O–H groups in total. The number of aryl methyl sites for hydroxylation is 1. The molecule has 3 heterocycles. The predicted octanol–water partition coefficient (Wildman–Crippen LogP) is 1.13. The maximum absolute atomic E-state index is 14.0. The first-order chi connectivity index (χ1) is 8.18. The van der Waals surface area contributed by atoms with Gasteiger partial charge in [-0.05, 0) is 18.6 Å². The molecule has 17 heavy (non-hydrogen) atoms. The van der Waals surface area contributed by atoms with Crippen LogP contribution in [0.5, 0.6) is 0 Å². The second-order valence-corrected chi connectivity index (χ2v) is 4.48. The van der Waals surface area contributed by atoms with E-state index in [-0.39, 0.29) is 12.3 Å². The first-order valence-electron chi connectivity index (χ1n) is 5.68. The number of carbonyl (C=O) groups is 1. The number of alkyl halides is 1. The fourth-order valence-corrected chi connectivity index (χ4v) is 2.43. The van der Waals surface area contributed by atoms with Gasteiger partial charge in [0.25, 0.3) is 0 Å². The molecular formula is C12H13FN2O2. The van der Waals surface area contributed by atoms with E-state index in [1.165, 1.54) is 0 Å². The summed E-state index contributed by atoms with van der Waals surface area (Å²) in [5, 5.41) is 0. The van der Waals surface area contributed by atoms with Crippen molar-refractivity contribution in [1.29, 1.82) is 0 Å². The molecule has 2 aliphatic heterocycles. The lowest BCUT2D eigenvalue weighted by Gasteiger charge is -2.42. The van der Waals surface area contributed by atoms with Gasteiger partial charge < -0.3 is 9.64 Å². The smallest absolute Gasteiger partial charge is 0.219 e. The van der Waals surface area contributed by atoms with Crippen molar-refractivity contribution in [3.05, 3.63) is 23.5 Å². The van der Waals surface area contributed by atoms with E-state index in [1.54, 1.807) is 6.20 Å². The third-order valence-corrected chi connectivity index (χ3v) is 3.30. The van der Waals surface area contributed by atoms with Gasteiger partial charge in [0.1, 0.15) is 5.69 Å². The van der Waals surface area contributed by atoms with Gasteiger partial charge in [-0.2, -0.15) is 0 Å². The van der Waals surface area contributed by atoms with Crippen LogP contribution < -0.4 is 4.90 Å². The van der Waals surface area contributed by atoms with Crippen LogP contribution in [0.2, 0.25) is 0 Å².